The van der Waals surface area contributed by atoms with Crippen molar-refractivity contribution in [3.05, 3.63) is 76.4 Å². The molecule has 3 aromatic heterocycles. The number of pyridine rings is 1. The first kappa shape index (κ1) is 23.1. The third kappa shape index (κ3) is 4.05. The number of H-pyrrole nitrogens is 2. The zero-order valence-corrected chi connectivity index (χ0v) is 20.5. The van der Waals surface area contributed by atoms with Crippen molar-refractivity contribution in [2.45, 2.75) is 24.4 Å². The summed E-state index contributed by atoms with van der Waals surface area (Å²) in [6.07, 6.45) is -0.299. The summed E-state index contributed by atoms with van der Waals surface area (Å²) < 4.78 is 18.8. The molecule has 0 amide bonds. The van der Waals surface area contributed by atoms with E-state index in [-0.39, 0.29) is 24.9 Å². The lowest BCUT2D eigenvalue weighted by molar-refractivity contribution is 0.00706. The number of fused-ring (bicyclic) bond motifs is 2. The predicted molar refractivity (Wildman–Crippen MR) is 137 cm³/mol. The Morgan fingerprint density at radius 3 is 2.42 bits per heavy atom. The molecule has 0 radical (unpaired) electrons. The van der Waals surface area contributed by atoms with Crippen molar-refractivity contribution in [3.8, 4) is 34.1 Å². The number of hydrogen-bond acceptors (Lipinski definition) is 8. The van der Waals surface area contributed by atoms with Gasteiger partial charge in [-0.05, 0) is 29.3 Å². The van der Waals surface area contributed by atoms with Gasteiger partial charge in [0.05, 0.1) is 35.1 Å². The lowest BCUT2D eigenvalue weighted by Gasteiger charge is -2.15. The van der Waals surface area contributed by atoms with Crippen LogP contribution in [0, 0.1) is 0 Å². The molecule has 0 bridgehead atoms. The van der Waals surface area contributed by atoms with Gasteiger partial charge in [0.1, 0.15) is 24.6 Å². The van der Waals surface area contributed by atoms with Gasteiger partial charge in [0.2, 0.25) is 0 Å². The summed E-state index contributed by atoms with van der Waals surface area (Å²) in [7, 11) is 0. The highest BCUT2D eigenvalue weighted by molar-refractivity contribution is 6.33. The van der Waals surface area contributed by atoms with Crippen molar-refractivity contribution in [2.75, 3.05) is 13.2 Å². The second-order valence-corrected chi connectivity index (χ2v) is 9.61. The number of nitrogens with one attached hydrogen (secondary N) is 2. The van der Waals surface area contributed by atoms with Crippen LogP contribution in [-0.4, -0.2) is 72.5 Å². The minimum absolute atomic E-state index is 0.230. The zero-order valence-electron chi connectivity index (χ0n) is 19.7. The molecule has 5 heterocycles. The van der Waals surface area contributed by atoms with E-state index in [1.807, 2.05) is 48.5 Å². The highest BCUT2D eigenvalue weighted by atomic mass is 35.5. The van der Waals surface area contributed by atoms with Gasteiger partial charge >= 0.3 is 5.69 Å². The van der Waals surface area contributed by atoms with Gasteiger partial charge in [-0.1, -0.05) is 48.0 Å². The number of ether oxygens (including phenoxy) is 3. The number of rotatable bonds is 5. The molecule has 5 aromatic rings. The molecule has 0 saturated carbocycles. The van der Waals surface area contributed by atoms with Crippen molar-refractivity contribution in [1.29, 1.82) is 0 Å². The van der Waals surface area contributed by atoms with Crippen LogP contribution in [0.25, 0.3) is 39.2 Å². The Bertz CT molecular complexity index is 1680. The molecule has 2 saturated heterocycles. The standard InChI is InChI=1S/C26H21ClN6O5/c27-17-9-18-24(31-26(29-18)38-20-11-37-22-19(34)10-36-23(20)22)30-21(17)15-3-1-13(2-4-15)14-5-7-16(8-6-14)33-12-28-25(35)32-33/h1-9,12,19-20,22-23,34H,10-11H2,(H,32,35)(H,29,30,31)/t19?,20-,22-,23-/m1/s1. The summed E-state index contributed by atoms with van der Waals surface area (Å²) >= 11 is 6.59. The lowest BCUT2D eigenvalue weighted by Crippen LogP contribution is -2.34. The molecule has 2 aromatic carbocycles. The van der Waals surface area contributed by atoms with Crippen molar-refractivity contribution in [2.24, 2.45) is 0 Å². The van der Waals surface area contributed by atoms with Crippen LogP contribution in [0.4, 0.5) is 0 Å². The number of aliphatic hydroxyl groups excluding tert-OH is 1. The molecule has 2 aliphatic rings. The topological polar surface area (TPSA) is 140 Å². The molecule has 1 unspecified atom stereocenters. The van der Waals surface area contributed by atoms with Crippen LogP contribution >= 0.6 is 11.6 Å². The number of imidazole rings is 1. The van der Waals surface area contributed by atoms with Crippen molar-refractivity contribution in [3.63, 3.8) is 0 Å². The maximum absolute atomic E-state index is 11.3. The molecule has 0 aliphatic carbocycles. The molecule has 4 atom stereocenters. The maximum atomic E-state index is 11.3. The number of aromatic nitrogens is 6. The summed E-state index contributed by atoms with van der Waals surface area (Å²) in [5, 5.41) is 13.0. The van der Waals surface area contributed by atoms with Gasteiger partial charge in [-0.3, -0.25) is 0 Å². The molecule has 38 heavy (non-hydrogen) atoms. The van der Waals surface area contributed by atoms with Gasteiger partial charge in [0, 0.05) is 5.56 Å². The molecule has 2 fully saturated rings. The SMILES string of the molecule is O=c1ncn(-c2ccc(-c3ccc(-c4nc5nc(O[C@@H]6CO[C@@H]7C(O)CO[C@@H]76)[nH]c5cc4Cl)cc3)cc2)[nH]1. The maximum Gasteiger partial charge on any atom is 0.361 e. The highest BCUT2D eigenvalue weighted by Gasteiger charge is 2.48. The van der Waals surface area contributed by atoms with Crippen molar-refractivity contribution in [1.82, 2.24) is 29.7 Å². The van der Waals surface area contributed by atoms with E-state index in [4.69, 9.17) is 25.8 Å². The molecule has 2 aliphatic heterocycles. The third-order valence-electron chi connectivity index (χ3n) is 6.79. The van der Waals surface area contributed by atoms with Gasteiger partial charge < -0.3 is 24.3 Å². The molecular weight excluding hydrogens is 512 g/mol. The summed E-state index contributed by atoms with van der Waals surface area (Å²) in [5.41, 5.74) is 5.02. The fourth-order valence-corrected chi connectivity index (χ4v) is 5.14. The van der Waals surface area contributed by atoms with Gasteiger partial charge in [0.15, 0.2) is 11.8 Å². The van der Waals surface area contributed by atoms with Gasteiger partial charge in [-0.2, -0.15) is 9.97 Å². The average Bonchev–Trinajstić information content (AvgIpc) is 3.71. The number of halogens is 1. The molecule has 3 N–H and O–H groups in total. The Hall–Kier alpha value is -4.03. The quantitative estimate of drug-likeness (QED) is 0.314. The molecule has 11 nitrogen and oxygen atoms in total. The Morgan fingerprint density at radius 1 is 0.974 bits per heavy atom. The van der Waals surface area contributed by atoms with Crippen LogP contribution in [0.5, 0.6) is 6.01 Å². The van der Waals surface area contributed by atoms with Crippen molar-refractivity contribution >= 4 is 22.8 Å². The smallest absolute Gasteiger partial charge is 0.361 e. The van der Waals surface area contributed by atoms with Crippen LogP contribution in [0.2, 0.25) is 5.02 Å². The molecule has 12 heteroatoms. The molecule has 192 valence electrons. The first-order valence-electron chi connectivity index (χ1n) is 12.0. The fraction of sp³-hybridized carbons (Fsp3) is 0.231. The zero-order chi connectivity index (χ0) is 25.8. The number of nitrogens with zero attached hydrogens (tertiary/aromatic N) is 4. The second kappa shape index (κ2) is 9.07. The number of aromatic amines is 2. The predicted octanol–water partition coefficient (Wildman–Crippen LogP) is 2.73. The lowest BCUT2D eigenvalue weighted by atomic mass is 10.0. The summed E-state index contributed by atoms with van der Waals surface area (Å²) in [6, 6.07) is 17.7. The van der Waals surface area contributed by atoms with E-state index in [1.54, 1.807) is 10.7 Å². The number of aliphatic hydroxyl groups is 1. The summed E-state index contributed by atoms with van der Waals surface area (Å²) in [4.78, 5) is 27.2. The van der Waals surface area contributed by atoms with E-state index in [9.17, 15) is 9.90 Å². The van der Waals surface area contributed by atoms with E-state index >= 15 is 0 Å². The van der Waals surface area contributed by atoms with E-state index < -0.39 is 11.8 Å². The van der Waals surface area contributed by atoms with Gasteiger partial charge in [0.25, 0.3) is 6.01 Å². The van der Waals surface area contributed by atoms with Crippen LogP contribution in [0.15, 0.2) is 65.7 Å². The molecule has 7 rings (SSSR count). The Kier molecular flexibility index (Phi) is 5.51. The second-order valence-electron chi connectivity index (χ2n) is 9.21. The normalized spacial score (nSPS) is 22.7. The monoisotopic (exact) mass is 532 g/mol. The minimum Gasteiger partial charge on any atom is -0.456 e. The summed E-state index contributed by atoms with van der Waals surface area (Å²) in [5.74, 6) is 0. The van der Waals surface area contributed by atoms with Gasteiger partial charge in [-0.25, -0.2) is 19.6 Å². The first-order valence-corrected chi connectivity index (χ1v) is 12.4. The van der Waals surface area contributed by atoms with Crippen LogP contribution < -0.4 is 10.4 Å². The van der Waals surface area contributed by atoms with E-state index in [0.717, 1.165) is 22.4 Å². The largest absolute Gasteiger partial charge is 0.456 e. The van der Waals surface area contributed by atoms with Crippen LogP contribution in [0.1, 0.15) is 0 Å². The van der Waals surface area contributed by atoms with Gasteiger partial charge in [-0.15, -0.1) is 0 Å². The Morgan fingerprint density at radius 2 is 1.68 bits per heavy atom. The third-order valence-corrected chi connectivity index (χ3v) is 7.08. The average molecular weight is 533 g/mol. The van der Waals surface area contributed by atoms with E-state index in [1.165, 1.54) is 6.33 Å². The number of hydrogen-bond donors (Lipinski definition) is 3. The molecule has 0 spiro atoms. The van der Waals surface area contributed by atoms with Crippen molar-refractivity contribution < 1.29 is 19.3 Å². The first-order chi connectivity index (χ1) is 18.5. The number of benzene rings is 2. The highest BCUT2D eigenvalue weighted by Crippen LogP contribution is 2.33. The minimum atomic E-state index is -0.646. The Labute approximate surface area is 220 Å². The fourth-order valence-electron chi connectivity index (χ4n) is 4.88. The van der Waals surface area contributed by atoms with Crippen LogP contribution in [-0.2, 0) is 9.47 Å². The molecular formula is C26H21ClN6O5. The summed E-state index contributed by atoms with van der Waals surface area (Å²) in [6.45, 7) is 0.536. The Balaban J connectivity index is 1.11. The van der Waals surface area contributed by atoms with Crippen LogP contribution in [0.3, 0.4) is 0 Å². The van der Waals surface area contributed by atoms with E-state index in [2.05, 4.69) is 25.0 Å². The van der Waals surface area contributed by atoms with E-state index in [0.29, 0.717) is 34.5 Å².